The first-order valence-corrected chi connectivity index (χ1v) is 8.19. The van der Waals surface area contributed by atoms with Crippen molar-refractivity contribution in [3.8, 4) is 0 Å². The molecular formula is C18H26N2O. The fourth-order valence-electron chi connectivity index (χ4n) is 2.77. The standard InChI is InChI=1S/C18H26N2O/c1-3-4-11-20(2)13-16-15-7-5-6-8-17(15)21-18(16)12-19-14-9-10-14/h5-8,14,19H,3-4,9-13H2,1-2H3. The van der Waals surface area contributed by atoms with E-state index in [1.807, 2.05) is 0 Å². The number of hydrogen-bond acceptors (Lipinski definition) is 3. The van der Waals surface area contributed by atoms with Gasteiger partial charge in [0.15, 0.2) is 0 Å². The van der Waals surface area contributed by atoms with Crippen LogP contribution in [0.5, 0.6) is 0 Å². The summed E-state index contributed by atoms with van der Waals surface area (Å²) >= 11 is 0. The van der Waals surface area contributed by atoms with E-state index in [-0.39, 0.29) is 0 Å². The van der Waals surface area contributed by atoms with Gasteiger partial charge >= 0.3 is 0 Å². The molecule has 0 saturated heterocycles. The molecule has 21 heavy (non-hydrogen) atoms. The van der Waals surface area contributed by atoms with Crippen molar-refractivity contribution < 1.29 is 4.42 Å². The predicted octanol–water partition coefficient (Wildman–Crippen LogP) is 3.92. The van der Waals surface area contributed by atoms with Crippen LogP contribution in [0.4, 0.5) is 0 Å². The average Bonchev–Trinajstić information content (AvgIpc) is 3.26. The van der Waals surface area contributed by atoms with Crippen molar-refractivity contribution in [2.75, 3.05) is 13.6 Å². The van der Waals surface area contributed by atoms with Gasteiger partial charge in [0.25, 0.3) is 0 Å². The van der Waals surface area contributed by atoms with Gasteiger partial charge < -0.3 is 14.6 Å². The number of nitrogens with zero attached hydrogens (tertiary/aromatic N) is 1. The average molecular weight is 286 g/mol. The van der Waals surface area contributed by atoms with Crippen molar-refractivity contribution in [3.05, 3.63) is 35.6 Å². The Bertz CT molecular complexity index is 586. The second-order valence-corrected chi connectivity index (χ2v) is 6.25. The number of rotatable bonds is 8. The maximum absolute atomic E-state index is 6.09. The Morgan fingerprint density at radius 1 is 1.29 bits per heavy atom. The Morgan fingerprint density at radius 2 is 2.10 bits per heavy atom. The number of nitrogens with one attached hydrogen (secondary N) is 1. The van der Waals surface area contributed by atoms with E-state index in [0.29, 0.717) is 6.04 Å². The quantitative estimate of drug-likeness (QED) is 0.797. The molecule has 1 fully saturated rings. The lowest BCUT2D eigenvalue weighted by molar-refractivity contribution is 0.317. The number of hydrogen-bond donors (Lipinski definition) is 1. The van der Waals surface area contributed by atoms with Crippen LogP contribution in [-0.2, 0) is 13.1 Å². The molecule has 0 unspecified atom stereocenters. The van der Waals surface area contributed by atoms with Crippen LogP contribution in [0.3, 0.4) is 0 Å². The summed E-state index contributed by atoms with van der Waals surface area (Å²) in [6.45, 7) is 5.21. The molecule has 2 aromatic rings. The Kier molecular flexibility index (Phi) is 4.61. The molecule has 3 rings (SSSR count). The highest BCUT2D eigenvalue weighted by molar-refractivity contribution is 5.82. The topological polar surface area (TPSA) is 28.4 Å². The maximum Gasteiger partial charge on any atom is 0.134 e. The Labute approximate surface area is 127 Å². The zero-order valence-electron chi connectivity index (χ0n) is 13.2. The number of benzene rings is 1. The maximum atomic E-state index is 6.09. The molecule has 1 N–H and O–H groups in total. The van der Waals surface area contributed by atoms with Crippen LogP contribution in [0, 0.1) is 0 Å². The molecule has 114 valence electrons. The summed E-state index contributed by atoms with van der Waals surface area (Å²) in [6, 6.07) is 9.12. The normalized spacial score (nSPS) is 15.2. The highest BCUT2D eigenvalue weighted by Crippen LogP contribution is 2.28. The molecule has 0 amide bonds. The van der Waals surface area contributed by atoms with Gasteiger partial charge in [-0.2, -0.15) is 0 Å². The fraction of sp³-hybridized carbons (Fsp3) is 0.556. The Hall–Kier alpha value is -1.32. The van der Waals surface area contributed by atoms with E-state index in [4.69, 9.17) is 4.42 Å². The molecule has 0 atom stereocenters. The molecular weight excluding hydrogens is 260 g/mol. The van der Waals surface area contributed by atoms with Gasteiger partial charge in [-0.05, 0) is 38.9 Å². The van der Waals surface area contributed by atoms with Crippen LogP contribution >= 0.6 is 0 Å². The first kappa shape index (κ1) is 14.6. The zero-order chi connectivity index (χ0) is 14.7. The van der Waals surface area contributed by atoms with Gasteiger partial charge in [-0.15, -0.1) is 0 Å². The first-order chi connectivity index (χ1) is 10.3. The number of para-hydroxylation sites is 1. The second kappa shape index (κ2) is 6.63. The Morgan fingerprint density at radius 3 is 2.86 bits per heavy atom. The molecule has 0 spiro atoms. The number of fused-ring (bicyclic) bond motifs is 1. The predicted molar refractivity (Wildman–Crippen MR) is 87.3 cm³/mol. The van der Waals surface area contributed by atoms with Crippen molar-refractivity contribution in [2.45, 2.75) is 51.7 Å². The summed E-state index contributed by atoms with van der Waals surface area (Å²) in [7, 11) is 2.20. The van der Waals surface area contributed by atoms with E-state index in [2.05, 4.69) is 48.5 Å². The second-order valence-electron chi connectivity index (χ2n) is 6.25. The van der Waals surface area contributed by atoms with E-state index in [1.54, 1.807) is 0 Å². The summed E-state index contributed by atoms with van der Waals surface area (Å²) in [6.07, 6.45) is 5.12. The lowest BCUT2D eigenvalue weighted by atomic mass is 10.1. The van der Waals surface area contributed by atoms with Gasteiger partial charge in [0.05, 0.1) is 6.54 Å². The first-order valence-electron chi connectivity index (χ1n) is 8.19. The highest BCUT2D eigenvalue weighted by atomic mass is 16.3. The summed E-state index contributed by atoms with van der Waals surface area (Å²) in [5, 5.41) is 4.85. The minimum absolute atomic E-state index is 0.712. The van der Waals surface area contributed by atoms with E-state index in [0.717, 1.165) is 31.0 Å². The van der Waals surface area contributed by atoms with Gasteiger partial charge in [-0.25, -0.2) is 0 Å². The van der Waals surface area contributed by atoms with Crippen LogP contribution in [-0.4, -0.2) is 24.5 Å². The molecule has 0 bridgehead atoms. The number of furan rings is 1. The molecule has 1 saturated carbocycles. The molecule has 1 heterocycles. The van der Waals surface area contributed by atoms with Crippen molar-refractivity contribution in [3.63, 3.8) is 0 Å². The third kappa shape index (κ3) is 3.66. The van der Waals surface area contributed by atoms with Crippen LogP contribution < -0.4 is 5.32 Å². The largest absolute Gasteiger partial charge is 0.459 e. The van der Waals surface area contributed by atoms with Crippen LogP contribution in [0.2, 0.25) is 0 Å². The van der Waals surface area contributed by atoms with Gasteiger partial charge in [0.1, 0.15) is 11.3 Å². The minimum atomic E-state index is 0.712. The summed E-state index contributed by atoms with van der Waals surface area (Å²) in [4.78, 5) is 2.40. The van der Waals surface area contributed by atoms with E-state index >= 15 is 0 Å². The zero-order valence-corrected chi connectivity index (χ0v) is 13.2. The van der Waals surface area contributed by atoms with Gasteiger partial charge in [-0.3, -0.25) is 0 Å². The molecule has 1 aromatic carbocycles. The van der Waals surface area contributed by atoms with Gasteiger partial charge in [0, 0.05) is 23.5 Å². The molecule has 3 nitrogen and oxygen atoms in total. The van der Waals surface area contributed by atoms with Crippen LogP contribution in [0.25, 0.3) is 11.0 Å². The number of unbranched alkanes of at least 4 members (excludes halogenated alkanes) is 1. The summed E-state index contributed by atoms with van der Waals surface area (Å²) in [5.41, 5.74) is 2.38. The van der Waals surface area contributed by atoms with Gasteiger partial charge in [-0.1, -0.05) is 31.5 Å². The smallest absolute Gasteiger partial charge is 0.134 e. The monoisotopic (exact) mass is 286 g/mol. The summed E-state index contributed by atoms with van der Waals surface area (Å²) < 4.78 is 6.09. The van der Waals surface area contributed by atoms with Crippen LogP contribution in [0.15, 0.2) is 28.7 Å². The van der Waals surface area contributed by atoms with Crippen LogP contribution in [0.1, 0.15) is 43.9 Å². The third-order valence-corrected chi connectivity index (χ3v) is 4.23. The SMILES string of the molecule is CCCCN(C)Cc1c(CNC2CC2)oc2ccccc12. The summed E-state index contributed by atoms with van der Waals surface area (Å²) in [5.74, 6) is 1.12. The molecule has 3 heteroatoms. The van der Waals surface area contributed by atoms with E-state index in [9.17, 15) is 0 Å². The fourth-order valence-corrected chi connectivity index (χ4v) is 2.77. The highest BCUT2D eigenvalue weighted by Gasteiger charge is 2.22. The lowest BCUT2D eigenvalue weighted by Gasteiger charge is -2.16. The van der Waals surface area contributed by atoms with Crippen molar-refractivity contribution >= 4 is 11.0 Å². The van der Waals surface area contributed by atoms with Crippen molar-refractivity contribution in [1.29, 1.82) is 0 Å². The molecule has 1 aliphatic carbocycles. The van der Waals surface area contributed by atoms with E-state index in [1.165, 1.54) is 36.6 Å². The lowest BCUT2D eigenvalue weighted by Crippen LogP contribution is -2.21. The van der Waals surface area contributed by atoms with Gasteiger partial charge in [0.2, 0.25) is 0 Å². The third-order valence-electron chi connectivity index (χ3n) is 4.23. The molecule has 0 radical (unpaired) electrons. The molecule has 1 aliphatic rings. The minimum Gasteiger partial charge on any atom is -0.459 e. The molecule has 0 aliphatic heterocycles. The van der Waals surface area contributed by atoms with E-state index < -0.39 is 0 Å². The van der Waals surface area contributed by atoms with Crippen molar-refractivity contribution in [2.24, 2.45) is 0 Å². The van der Waals surface area contributed by atoms with Crippen molar-refractivity contribution in [1.82, 2.24) is 10.2 Å². The Balaban J connectivity index is 1.79. The molecule has 1 aromatic heterocycles.